The molecular weight excluding hydrogens is 236 g/mol. The zero-order chi connectivity index (χ0) is 12.1. The van der Waals surface area contributed by atoms with Crippen LogP contribution < -0.4 is 5.56 Å². The summed E-state index contributed by atoms with van der Waals surface area (Å²) in [5, 5.41) is 0. The number of halogens is 1. The maximum absolute atomic E-state index is 11.3. The third kappa shape index (κ3) is 3.43. The van der Waals surface area contributed by atoms with E-state index in [-0.39, 0.29) is 11.4 Å². The fourth-order valence-corrected chi connectivity index (χ4v) is 1.79. The van der Waals surface area contributed by atoms with Gasteiger partial charge in [-0.1, -0.05) is 30.3 Å². The monoisotopic (exact) mass is 248 g/mol. The van der Waals surface area contributed by atoms with Gasteiger partial charge in [-0.3, -0.25) is 4.79 Å². The Labute approximate surface area is 104 Å². The van der Waals surface area contributed by atoms with E-state index in [1.165, 1.54) is 11.6 Å². The van der Waals surface area contributed by atoms with Crippen LogP contribution in [0.15, 0.2) is 41.2 Å². The lowest BCUT2D eigenvalue weighted by Crippen LogP contribution is -2.12. The molecule has 1 N–H and O–H groups in total. The number of nitrogens with zero attached hydrogens (tertiary/aromatic N) is 1. The first-order valence-electron chi connectivity index (χ1n) is 5.47. The predicted molar refractivity (Wildman–Crippen MR) is 68.3 cm³/mol. The number of aromatic nitrogens is 2. The van der Waals surface area contributed by atoms with E-state index in [9.17, 15) is 4.79 Å². The topological polar surface area (TPSA) is 45.8 Å². The van der Waals surface area contributed by atoms with E-state index in [2.05, 4.69) is 22.1 Å². The zero-order valence-electron chi connectivity index (χ0n) is 9.32. The molecule has 2 rings (SSSR count). The number of nitrogens with one attached hydrogen (secondary N) is 1. The Morgan fingerprint density at radius 3 is 2.65 bits per heavy atom. The van der Waals surface area contributed by atoms with E-state index in [0.29, 0.717) is 17.9 Å². The number of hydrogen-bond donors (Lipinski definition) is 1. The van der Waals surface area contributed by atoms with Crippen molar-refractivity contribution in [1.29, 1.82) is 0 Å². The maximum Gasteiger partial charge on any atom is 0.251 e. The Morgan fingerprint density at radius 1 is 1.18 bits per heavy atom. The van der Waals surface area contributed by atoms with Crippen molar-refractivity contribution in [3.05, 3.63) is 63.8 Å². The third-order valence-corrected chi connectivity index (χ3v) is 2.75. The molecule has 0 fully saturated rings. The van der Waals surface area contributed by atoms with Crippen LogP contribution >= 0.6 is 11.6 Å². The summed E-state index contributed by atoms with van der Waals surface area (Å²) in [6, 6.07) is 11.5. The minimum atomic E-state index is -0.140. The van der Waals surface area contributed by atoms with Crippen molar-refractivity contribution in [1.82, 2.24) is 9.97 Å². The van der Waals surface area contributed by atoms with Gasteiger partial charge in [0.25, 0.3) is 5.56 Å². The molecule has 0 amide bonds. The summed E-state index contributed by atoms with van der Waals surface area (Å²) >= 11 is 5.67. The second-order valence-corrected chi connectivity index (χ2v) is 4.07. The van der Waals surface area contributed by atoms with Crippen LogP contribution in [-0.4, -0.2) is 9.97 Å². The van der Waals surface area contributed by atoms with Gasteiger partial charge in [0.1, 0.15) is 5.82 Å². The predicted octanol–water partition coefficient (Wildman–Crippen LogP) is 2.29. The molecule has 0 bridgehead atoms. The number of alkyl halides is 1. The van der Waals surface area contributed by atoms with Gasteiger partial charge < -0.3 is 4.98 Å². The number of H-pyrrole nitrogens is 1. The van der Waals surface area contributed by atoms with Crippen LogP contribution in [0.1, 0.15) is 17.1 Å². The molecule has 4 heteroatoms. The van der Waals surface area contributed by atoms with Gasteiger partial charge in [-0.05, 0) is 12.0 Å². The molecule has 0 saturated carbocycles. The Morgan fingerprint density at radius 2 is 1.94 bits per heavy atom. The number of hydrogen-bond acceptors (Lipinski definition) is 2. The summed E-state index contributed by atoms with van der Waals surface area (Å²) in [6.45, 7) is 0. The van der Waals surface area contributed by atoms with Crippen LogP contribution in [0.3, 0.4) is 0 Å². The lowest BCUT2D eigenvalue weighted by atomic mass is 10.1. The quantitative estimate of drug-likeness (QED) is 0.844. The highest BCUT2D eigenvalue weighted by atomic mass is 35.5. The molecule has 1 aromatic heterocycles. The number of aromatic amines is 1. The fourth-order valence-electron chi connectivity index (χ4n) is 1.66. The van der Waals surface area contributed by atoms with Gasteiger partial charge in [-0.15, -0.1) is 11.6 Å². The first-order chi connectivity index (χ1) is 8.28. The number of aryl methyl sites for hydroxylation is 2. The summed E-state index contributed by atoms with van der Waals surface area (Å²) in [7, 11) is 0. The van der Waals surface area contributed by atoms with Crippen LogP contribution in [-0.2, 0) is 18.7 Å². The van der Waals surface area contributed by atoms with Crippen molar-refractivity contribution < 1.29 is 0 Å². The average molecular weight is 249 g/mol. The highest BCUT2D eigenvalue weighted by Crippen LogP contribution is 2.04. The van der Waals surface area contributed by atoms with Gasteiger partial charge in [0.2, 0.25) is 0 Å². The summed E-state index contributed by atoms with van der Waals surface area (Å²) in [6.07, 6.45) is 1.57. The lowest BCUT2D eigenvalue weighted by molar-refractivity contribution is 0.832. The molecule has 0 spiro atoms. The van der Waals surface area contributed by atoms with Crippen molar-refractivity contribution in [2.45, 2.75) is 18.7 Å². The van der Waals surface area contributed by atoms with Gasteiger partial charge >= 0.3 is 0 Å². The molecule has 0 unspecified atom stereocenters. The molecular formula is C13H13ClN2O. The normalized spacial score (nSPS) is 10.4. The smallest absolute Gasteiger partial charge is 0.251 e. The van der Waals surface area contributed by atoms with Crippen LogP contribution in [0.4, 0.5) is 0 Å². The van der Waals surface area contributed by atoms with E-state index in [0.717, 1.165) is 6.42 Å². The molecule has 0 saturated heterocycles. The van der Waals surface area contributed by atoms with Gasteiger partial charge in [0, 0.05) is 12.5 Å². The molecule has 0 atom stereocenters. The number of rotatable bonds is 4. The van der Waals surface area contributed by atoms with E-state index in [1.807, 2.05) is 18.2 Å². The molecule has 2 aromatic rings. The van der Waals surface area contributed by atoms with Crippen LogP contribution in [0.25, 0.3) is 0 Å². The number of benzene rings is 1. The first kappa shape index (κ1) is 11.9. The van der Waals surface area contributed by atoms with E-state index >= 15 is 0 Å². The van der Waals surface area contributed by atoms with Gasteiger partial charge in [-0.25, -0.2) is 4.98 Å². The van der Waals surface area contributed by atoms with Crippen LogP contribution in [0.5, 0.6) is 0 Å². The summed E-state index contributed by atoms with van der Waals surface area (Å²) < 4.78 is 0. The van der Waals surface area contributed by atoms with E-state index < -0.39 is 0 Å². The van der Waals surface area contributed by atoms with Gasteiger partial charge in [0.05, 0.1) is 11.6 Å². The van der Waals surface area contributed by atoms with Crippen molar-refractivity contribution in [3.8, 4) is 0 Å². The Kier molecular flexibility index (Phi) is 3.94. The third-order valence-electron chi connectivity index (χ3n) is 2.47. The highest BCUT2D eigenvalue weighted by Gasteiger charge is 2.01. The van der Waals surface area contributed by atoms with Crippen molar-refractivity contribution in [2.24, 2.45) is 0 Å². The Bertz CT molecular complexity index is 537. The standard InChI is InChI=1S/C13H13ClN2O/c14-9-11-8-13(17)16-12(15-11)7-6-10-4-2-1-3-5-10/h1-5,8H,6-7,9H2,(H,15,16,17). The van der Waals surface area contributed by atoms with Crippen molar-refractivity contribution in [2.75, 3.05) is 0 Å². The maximum atomic E-state index is 11.3. The second-order valence-electron chi connectivity index (χ2n) is 3.80. The lowest BCUT2D eigenvalue weighted by Gasteiger charge is -2.02. The van der Waals surface area contributed by atoms with Crippen LogP contribution in [0, 0.1) is 0 Å². The fraction of sp³-hybridized carbons (Fsp3) is 0.231. The SMILES string of the molecule is O=c1cc(CCl)nc(CCc2ccccc2)[nH]1. The molecule has 1 heterocycles. The Hall–Kier alpha value is -1.61. The molecule has 0 aliphatic rings. The summed E-state index contributed by atoms with van der Waals surface area (Å²) in [4.78, 5) is 18.3. The Balaban J connectivity index is 2.09. The molecule has 1 aromatic carbocycles. The molecule has 0 radical (unpaired) electrons. The highest BCUT2D eigenvalue weighted by molar-refractivity contribution is 6.16. The van der Waals surface area contributed by atoms with Crippen molar-refractivity contribution >= 4 is 11.6 Å². The molecule has 88 valence electrons. The largest absolute Gasteiger partial charge is 0.311 e. The average Bonchev–Trinajstić information content (AvgIpc) is 2.37. The van der Waals surface area contributed by atoms with E-state index in [4.69, 9.17) is 11.6 Å². The van der Waals surface area contributed by atoms with Crippen molar-refractivity contribution in [3.63, 3.8) is 0 Å². The molecule has 0 aliphatic heterocycles. The van der Waals surface area contributed by atoms with Gasteiger partial charge in [-0.2, -0.15) is 0 Å². The molecule has 17 heavy (non-hydrogen) atoms. The zero-order valence-corrected chi connectivity index (χ0v) is 10.1. The van der Waals surface area contributed by atoms with Crippen LogP contribution in [0.2, 0.25) is 0 Å². The molecule has 3 nitrogen and oxygen atoms in total. The molecule has 0 aliphatic carbocycles. The minimum Gasteiger partial charge on any atom is -0.311 e. The second kappa shape index (κ2) is 5.64. The first-order valence-corrected chi connectivity index (χ1v) is 6.00. The summed E-state index contributed by atoms with van der Waals surface area (Å²) in [5.74, 6) is 0.958. The van der Waals surface area contributed by atoms with Gasteiger partial charge in [0.15, 0.2) is 0 Å². The minimum absolute atomic E-state index is 0.140. The summed E-state index contributed by atoms with van der Waals surface area (Å²) in [5.41, 5.74) is 1.71. The van der Waals surface area contributed by atoms with E-state index in [1.54, 1.807) is 0 Å².